The van der Waals surface area contributed by atoms with Gasteiger partial charge in [-0.3, -0.25) is 4.79 Å². The first-order valence-electron chi connectivity index (χ1n) is 8.25. The van der Waals surface area contributed by atoms with Crippen molar-refractivity contribution in [3.63, 3.8) is 0 Å². The molecule has 2 heterocycles. The Hall–Kier alpha value is -1.24. The van der Waals surface area contributed by atoms with Gasteiger partial charge in [-0.1, -0.05) is 28.1 Å². The second kappa shape index (κ2) is 8.23. The third-order valence-electron chi connectivity index (χ3n) is 4.09. The van der Waals surface area contributed by atoms with Crippen LogP contribution >= 0.6 is 27.3 Å². The Morgan fingerprint density at radius 1 is 1.50 bits per heavy atom. The lowest BCUT2D eigenvalue weighted by atomic mass is 10.1. The van der Waals surface area contributed by atoms with Crippen molar-refractivity contribution in [2.75, 3.05) is 19.7 Å². The first-order chi connectivity index (χ1) is 11.7. The van der Waals surface area contributed by atoms with Crippen molar-refractivity contribution in [1.29, 1.82) is 0 Å². The van der Waals surface area contributed by atoms with Crippen molar-refractivity contribution < 1.29 is 9.53 Å². The fourth-order valence-corrected chi connectivity index (χ4v) is 4.16. The molecule has 1 amide bonds. The van der Waals surface area contributed by atoms with Crippen LogP contribution in [0.4, 0.5) is 0 Å². The van der Waals surface area contributed by atoms with E-state index < -0.39 is 0 Å². The summed E-state index contributed by atoms with van der Waals surface area (Å²) in [5, 5.41) is 2.93. The van der Waals surface area contributed by atoms with Gasteiger partial charge in [0, 0.05) is 35.1 Å². The number of halogens is 1. The molecular weight excluding hydrogens is 388 g/mol. The van der Waals surface area contributed by atoms with Crippen LogP contribution in [0.3, 0.4) is 0 Å². The molecule has 1 atom stereocenters. The smallest absolute Gasteiger partial charge is 0.228 e. The number of carbonyl (C=O) groups excluding carboxylic acids is 1. The average Bonchev–Trinajstić information content (AvgIpc) is 3.04. The van der Waals surface area contributed by atoms with Crippen LogP contribution in [0.5, 0.6) is 0 Å². The molecule has 0 aliphatic carbocycles. The summed E-state index contributed by atoms with van der Waals surface area (Å²) >= 11 is 5.06. The van der Waals surface area contributed by atoms with E-state index in [1.165, 1.54) is 0 Å². The van der Waals surface area contributed by atoms with Gasteiger partial charge in [0.1, 0.15) is 5.01 Å². The molecule has 1 aromatic heterocycles. The summed E-state index contributed by atoms with van der Waals surface area (Å²) < 4.78 is 6.71. The molecule has 0 N–H and O–H groups in total. The zero-order valence-electron chi connectivity index (χ0n) is 13.7. The van der Waals surface area contributed by atoms with Crippen molar-refractivity contribution in [3.05, 3.63) is 39.8 Å². The Balaban J connectivity index is 1.63. The minimum Gasteiger partial charge on any atom is -0.377 e. The van der Waals surface area contributed by atoms with Gasteiger partial charge in [-0.05, 0) is 31.9 Å². The molecule has 3 rings (SSSR count). The molecule has 6 heteroatoms. The van der Waals surface area contributed by atoms with Gasteiger partial charge in [0.05, 0.1) is 18.2 Å². The first-order valence-corrected chi connectivity index (χ1v) is 9.92. The number of piperidine rings is 1. The summed E-state index contributed by atoms with van der Waals surface area (Å²) in [6.45, 7) is 4.23. The van der Waals surface area contributed by atoms with E-state index in [1.807, 2.05) is 41.5 Å². The summed E-state index contributed by atoms with van der Waals surface area (Å²) in [5.74, 6) is 0.144. The third-order valence-corrected chi connectivity index (χ3v) is 5.52. The maximum absolute atomic E-state index is 12.5. The number of rotatable bonds is 5. The van der Waals surface area contributed by atoms with E-state index in [0.717, 1.165) is 40.1 Å². The number of aromatic nitrogens is 1. The van der Waals surface area contributed by atoms with Gasteiger partial charge in [0.15, 0.2) is 0 Å². The van der Waals surface area contributed by atoms with Gasteiger partial charge >= 0.3 is 0 Å². The minimum absolute atomic E-state index is 0.144. The molecule has 128 valence electrons. The van der Waals surface area contributed by atoms with Crippen LogP contribution in [0.15, 0.2) is 34.1 Å². The van der Waals surface area contributed by atoms with Gasteiger partial charge in [-0.25, -0.2) is 4.98 Å². The van der Waals surface area contributed by atoms with Crippen molar-refractivity contribution >= 4 is 33.2 Å². The van der Waals surface area contributed by atoms with E-state index in [-0.39, 0.29) is 12.0 Å². The third kappa shape index (κ3) is 4.43. The summed E-state index contributed by atoms with van der Waals surface area (Å²) in [5.41, 5.74) is 1.92. The molecule has 4 nitrogen and oxygen atoms in total. The van der Waals surface area contributed by atoms with Crippen LogP contribution in [-0.4, -0.2) is 41.6 Å². The van der Waals surface area contributed by atoms with Gasteiger partial charge in [0.2, 0.25) is 5.91 Å². The van der Waals surface area contributed by atoms with Crippen LogP contribution in [0.1, 0.15) is 25.5 Å². The van der Waals surface area contributed by atoms with E-state index in [2.05, 4.69) is 20.9 Å². The first kappa shape index (κ1) is 17.6. The molecule has 0 unspecified atom stereocenters. The Bertz CT molecular complexity index is 702. The fourth-order valence-electron chi connectivity index (χ4n) is 2.95. The standard InChI is InChI=1S/C18H21BrN2O2S/c1-2-23-16-7-4-8-21(11-16)17(22)10-15-12-24-18(20-15)13-5-3-6-14(19)9-13/h3,5-6,9,12,16H,2,4,7-8,10-11H2,1H3/t16-/m1/s1. The molecule has 2 aromatic rings. The highest BCUT2D eigenvalue weighted by atomic mass is 79.9. The van der Waals surface area contributed by atoms with Crippen LogP contribution in [0.25, 0.3) is 10.6 Å². The van der Waals surface area contributed by atoms with E-state index in [9.17, 15) is 4.79 Å². The topological polar surface area (TPSA) is 42.4 Å². The van der Waals surface area contributed by atoms with Crippen LogP contribution in [-0.2, 0) is 16.0 Å². The number of likely N-dealkylation sites (tertiary alicyclic amines) is 1. The average molecular weight is 409 g/mol. The van der Waals surface area contributed by atoms with Gasteiger partial charge in [0.25, 0.3) is 0 Å². The molecule has 1 aromatic carbocycles. The van der Waals surface area contributed by atoms with Gasteiger partial charge < -0.3 is 9.64 Å². The van der Waals surface area contributed by atoms with E-state index in [4.69, 9.17) is 4.74 Å². The lowest BCUT2D eigenvalue weighted by molar-refractivity contribution is -0.134. The molecule has 1 aliphatic heterocycles. The molecule has 1 aliphatic rings. The summed E-state index contributed by atoms with van der Waals surface area (Å²) in [4.78, 5) is 19.1. The lowest BCUT2D eigenvalue weighted by Crippen LogP contribution is -2.43. The minimum atomic E-state index is 0.144. The quantitative estimate of drug-likeness (QED) is 0.746. The normalized spacial score (nSPS) is 17.9. The molecular formula is C18H21BrN2O2S. The number of hydrogen-bond donors (Lipinski definition) is 0. The predicted molar refractivity (Wildman–Crippen MR) is 100 cm³/mol. The Labute approximate surface area is 155 Å². The molecule has 0 spiro atoms. The second-order valence-electron chi connectivity index (χ2n) is 5.89. The maximum Gasteiger partial charge on any atom is 0.228 e. The van der Waals surface area contributed by atoms with Crippen molar-refractivity contribution in [2.45, 2.75) is 32.3 Å². The highest BCUT2D eigenvalue weighted by Gasteiger charge is 2.24. The number of ether oxygens (including phenoxy) is 1. The van der Waals surface area contributed by atoms with Crippen molar-refractivity contribution in [1.82, 2.24) is 9.88 Å². The highest BCUT2D eigenvalue weighted by Crippen LogP contribution is 2.26. The SMILES string of the molecule is CCO[C@@H]1CCCN(C(=O)Cc2csc(-c3cccc(Br)c3)n2)C1. The largest absolute Gasteiger partial charge is 0.377 e. The number of carbonyl (C=O) groups is 1. The van der Waals surface area contributed by atoms with Crippen molar-refractivity contribution in [2.24, 2.45) is 0 Å². The fraction of sp³-hybridized carbons (Fsp3) is 0.444. The lowest BCUT2D eigenvalue weighted by Gasteiger charge is -2.32. The summed E-state index contributed by atoms with van der Waals surface area (Å²) in [6.07, 6.45) is 2.60. The van der Waals surface area contributed by atoms with Gasteiger partial charge in [-0.15, -0.1) is 11.3 Å². The Morgan fingerprint density at radius 3 is 3.17 bits per heavy atom. The molecule has 24 heavy (non-hydrogen) atoms. The van der Waals surface area contributed by atoms with Crippen LogP contribution in [0.2, 0.25) is 0 Å². The number of thiazole rings is 1. The molecule has 1 saturated heterocycles. The Kier molecular flexibility index (Phi) is 6.03. The molecule has 1 fully saturated rings. The number of nitrogens with zero attached hydrogens (tertiary/aromatic N) is 2. The van der Waals surface area contributed by atoms with E-state index in [1.54, 1.807) is 11.3 Å². The van der Waals surface area contributed by atoms with Crippen LogP contribution < -0.4 is 0 Å². The van der Waals surface area contributed by atoms with Crippen molar-refractivity contribution in [3.8, 4) is 10.6 Å². The number of amides is 1. The maximum atomic E-state index is 12.5. The zero-order chi connectivity index (χ0) is 16.9. The Morgan fingerprint density at radius 2 is 2.38 bits per heavy atom. The monoisotopic (exact) mass is 408 g/mol. The molecule has 0 radical (unpaired) electrons. The summed E-state index contributed by atoms with van der Waals surface area (Å²) in [7, 11) is 0. The van der Waals surface area contributed by atoms with E-state index in [0.29, 0.717) is 19.6 Å². The zero-order valence-corrected chi connectivity index (χ0v) is 16.1. The van der Waals surface area contributed by atoms with Crippen LogP contribution in [0, 0.1) is 0 Å². The van der Waals surface area contributed by atoms with Gasteiger partial charge in [-0.2, -0.15) is 0 Å². The van der Waals surface area contributed by atoms with E-state index >= 15 is 0 Å². The summed E-state index contributed by atoms with van der Waals surface area (Å²) in [6, 6.07) is 8.06. The number of benzene rings is 1. The predicted octanol–water partition coefficient (Wildman–Crippen LogP) is 4.14. The molecule has 0 saturated carbocycles. The number of hydrogen-bond acceptors (Lipinski definition) is 4. The molecule has 0 bridgehead atoms. The second-order valence-corrected chi connectivity index (χ2v) is 7.66. The highest BCUT2D eigenvalue weighted by molar-refractivity contribution is 9.10.